The summed E-state index contributed by atoms with van der Waals surface area (Å²) in [7, 11) is 1.61. The van der Waals surface area contributed by atoms with Gasteiger partial charge in [0.05, 0.1) is 18.3 Å². The Morgan fingerprint density at radius 2 is 2.35 bits per heavy atom. The van der Waals surface area contributed by atoms with Crippen molar-refractivity contribution in [1.29, 1.82) is 0 Å². The van der Waals surface area contributed by atoms with Crippen molar-refractivity contribution >= 4 is 5.91 Å². The molecule has 3 N–H and O–H groups in total. The number of aryl methyl sites for hydroxylation is 1. The lowest BCUT2D eigenvalue weighted by atomic mass is 10.2. The molecule has 1 unspecified atom stereocenters. The van der Waals surface area contributed by atoms with Gasteiger partial charge in [0.2, 0.25) is 0 Å². The number of hydrogen-bond donors (Lipinski definition) is 2. The van der Waals surface area contributed by atoms with Crippen LogP contribution in [0.4, 0.5) is 0 Å². The molecule has 1 aromatic rings. The summed E-state index contributed by atoms with van der Waals surface area (Å²) in [5.74, 6) is 5.79. The number of amides is 1. The molecule has 0 radical (unpaired) electrons. The van der Waals surface area contributed by atoms with Crippen LogP contribution < -0.4 is 11.3 Å². The van der Waals surface area contributed by atoms with E-state index in [0.717, 1.165) is 0 Å². The maximum atomic E-state index is 11.3. The lowest BCUT2D eigenvalue weighted by Gasteiger charge is -2.09. The Balaban J connectivity index is 2.58. The van der Waals surface area contributed by atoms with Crippen LogP contribution in [0.15, 0.2) is 10.5 Å². The first-order valence-electron chi connectivity index (χ1n) is 5.29. The lowest BCUT2D eigenvalue weighted by molar-refractivity contribution is -0.00654. The zero-order valence-electron chi connectivity index (χ0n) is 10.3. The highest BCUT2D eigenvalue weighted by atomic mass is 16.5. The molecule has 6 heteroatoms. The minimum atomic E-state index is -0.373. The fraction of sp³-hybridized carbons (Fsp3) is 0.545. The predicted molar refractivity (Wildman–Crippen MR) is 61.2 cm³/mol. The molecule has 1 aromatic heterocycles. The molecule has 1 heterocycles. The van der Waals surface area contributed by atoms with E-state index in [-0.39, 0.29) is 12.0 Å². The van der Waals surface area contributed by atoms with Gasteiger partial charge < -0.3 is 13.9 Å². The van der Waals surface area contributed by atoms with Crippen molar-refractivity contribution in [3.05, 3.63) is 23.2 Å². The fourth-order valence-electron chi connectivity index (χ4n) is 1.43. The predicted octanol–water partition coefficient (Wildman–Crippen LogP) is 0.743. The molecule has 0 aliphatic heterocycles. The molecule has 0 bridgehead atoms. The van der Waals surface area contributed by atoms with Gasteiger partial charge in [0.1, 0.15) is 18.1 Å². The Hall–Kier alpha value is -1.37. The van der Waals surface area contributed by atoms with E-state index in [2.05, 4.69) is 5.43 Å². The Bertz CT molecular complexity index is 376. The van der Waals surface area contributed by atoms with E-state index in [1.54, 1.807) is 20.1 Å². The van der Waals surface area contributed by atoms with Crippen molar-refractivity contribution in [3.8, 4) is 0 Å². The van der Waals surface area contributed by atoms with Crippen LogP contribution in [-0.4, -0.2) is 25.7 Å². The summed E-state index contributed by atoms with van der Waals surface area (Å²) in [6.45, 7) is 4.40. The molecule has 6 nitrogen and oxygen atoms in total. The summed E-state index contributed by atoms with van der Waals surface area (Å²) in [5.41, 5.74) is 2.48. The average molecular weight is 242 g/mol. The number of hydrogen-bond acceptors (Lipinski definition) is 5. The number of nitrogen functional groups attached to an aromatic ring is 1. The minimum Gasteiger partial charge on any atom is -0.463 e. The first kappa shape index (κ1) is 13.7. The van der Waals surface area contributed by atoms with E-state index < -0.39 is 0 Å². The van der Waals surface area contributed by atoms with E-state index in [1.807, 2.05) is 6.92 Å². The molecular weight excluding hydrogens is 224 g/mol. The number of ether oxygens (including phenoxy) is 2. The van der Waals surface area contributed by atoms with Gasteiger partial charge in [-0.05, 0) is 19.9 Å². The minimum absolute atomic E-state index is 0.0304. The SMILES string of the molecule is COCC(C)OCc1cc(C(=O)NN)c(C)o1. The Kier molecular flexibility index (Phi) is 5.14. The number of rotatable bonds is 6. The molecule has 0 spiro atoms. The van der Waals surface area contributed by atoms with Crippen LogP contribution in [0.1, 0.15) is 28.8 Å². The Morgan fingerprint density at radius 1 is 1.65 bits per heavy atom. The molecule has 0 fully saturated rings. The maximum absolute atomic E-state index is 11.3. The van der Waals surface area contributed by atoms with Gasteiger partial charge in [-0.2, -0.15) is 0 Å². The second-order valence-electron chi connectivity index (χ2n) is 3.73. The Labute approximate surface area is 100 Å². The van der Waals surface area contributed by atoms with E-state index in [0.29, 0.717) is 30.3 Å². The highest BCUT2D eigenvalue weighted by molar-refractivity contribution is 5.94. The summed E-state index contributed by atoms with van der Waals surface area (Å²) in [6, 6.07) is 1.62. The number of carbonyl (C=O) groups is 1. The molecule has 96 valence electrons. The molecule has 0 aliphatic rings. The molecule has 17 heavy (non-hydrogen) atoms. The first-order valence-corrected chi connectivity index (χ1v) is 5.29. The highest BCUT2D eigenvalue weighted by Gasteiger charge is 2.14. The molecule has 0 saturated heterocycles. The number of carbonyl (C=O) groups excluding carboxylic acids is 1. The summed E-state index contributed by atoms with van der Waals surface area (Å²) in [6.07, 6.45) is -0.0304. The van der Waals surface area contributed by atoms with Crippen molar-refractivity contribution in [2.24, 2.45) is 5.84 Å². The standard InChI is InChI=1S/C11H18N2O4/c1-7(5-15-3)16-6-9-4-10(8(2)17-9)11(14)13-12/h4,7H,5-6,12H2,1-3H3,(H,13,14). The maximum Gasteiger partial charge on any atom is 0.268 e. The van der Waals surface area contributed by atoms with Crippen LogP contribution in [-0.2, 0) is 16.1 Å². The van der Waals surface area contributed by atoms with Crippen molar-refractivity contribution in [1.82, 2.24) is 5.43 Å². The molecule has 0 saturated carbocycles. The van der Waals surface area contributed by atoms with E-state index in [4.69, 9.17) is 19.7 Å². The zero-order valence-corrected chi connectivity index (χ0v) is 10.3. The highest BCUT2D eigenvalue weighted by Crippen LogP contribution is 2.15. The van der Waals surface area contributed by atoms with Crippen LogP contribution in [0.3, 0.4) is 0 Å². The smallest absolute Gasteiger partial charge is 0.268 e. The largest absolute Gasteiger partial charge is 0.463 e. The second-order valence-corrected chi connectivity index (χ2v) is 3.73. The topological polar surface area (TPSA) is 86.7 Å². The van der Waals surface area contributed by atoms with Gasteiger partial charge in [0.25, 0.3) is 5.91 Å². The van der Waals surface area contributed by atoms with Crippen molar-refractivity contribution < 1.29 is 18.7 Å². The van der Waals surface area contributed by atoms with E-state index in [9.17, 15) is 4.79 Å². The quantitative estimate of drug-likeness (QED) is 0.436. The van der Waals surface area contributed by atoms with Gasteiger partial charge in [-0.3, -0.25) is 10.2 Å². The molecular formula is C11H18N2O4. The summed E-state index contributed by atoms with van der Waals surface area (Å²) >= 11 is 0. The van der Waals surface area contributed by atoms with Crippen LogP contribution in [0, 0.1) is 6.92 Å². The van der Waals surface area contributed by atoms with Crippen LogP contribution >= 0.6 is 0 Å². The van der Waals surface area contributed by atoms with Crippen LogP contribution in [0.5, 0.6) is 0 Å². The van der Waals surface area contributed by atoms with E-state index >= 15 is 0 Å². The van der Waals surface area contributed by atoms with Gasteiger partial charge in [-0.25, -0.2) is 5.84 Å². The van der Waals surface area contributed by atoms with Gasteiger partial charge in [0, 0.05) is 7.11 Å². The van der Waals surface area contributed by atoms with Crippen molar-refractivity contribution in [2.45, 2.75) is 26.6 Å². The van der Waals surface area contributed by atoms with Crippen LogP contribution in [0.2, 0.25) is 0 Å². The van der Waals surface area contributed by atoms with Gasteiger partial charge in [-0.1, -0.05) is 0 Å². The average Bonchev–Trinajstić information content (AvgIpc) is 2.67. The summed E-state index contributed by atoms with van der Waals surface area (Å²) < 4.78 is 15.8. The third-order valence-corrected chi connectivity index (χ3v) is 2.26. The van der Waals surface area contributed by atoms with Crippen molar-refractivity contribution in [3.63, 3.8) is 0 Å². The summed E-state index contributed by atoms with van der Waals surface area (Å²) in [5, 5.41) is 0. The number of nitrogens with one attached hydrogen (secondary N) is 1. The van der Waals surface area contributed by atoms with Gasteiger partial charge >= 0.3 is 0 Å². The molecule has 0 aromatic carbocycles. The third kappa shape index (κ3) is 3.85. The molecule has 0 aliphatic carbocycles. The molecule has 1 atom stereocenters. The fourth-order valence-corrected chi connectivity index (χ4v) is 1.43. The van der Waals surface area contributed by atoms with Crippen LogP contribution in [0.25, 0.3) is 0 Å². The van der Waals surface area contributed by atoms with E-state index in [1.165, 1.54) is 0 Å². The normalized spacial score (nSPS) is 12.5. The number of hydrazine groups is 1. The number of nitrogens with two attached hydrogens (primary N) is 1. The zero-order chi connectivity index (χ0) is 12.8. The number of methoxy groups -OCH3 is 1. The molecule has 1 amide bonds. The van der Waals surface area contributed by atoms with Gasteiger partial charge in [-0.15, -0.1) is 0 Å². The second kappa shape index (κ2) is 6.39. The lowest BCUT2D eigenvalue weighted by Crippen LogP contribution is -2.30. The monoisotopic (exact) mass is 242 g/mol. The first-order chi connectivity index (χ1) is 8.08. The third-order valence-electron chi connectivity index (χ3n) is 2.26. The Morgan fingerprint density at radius 3 is 2.94 bits per heavy atom. The molecule has 1 rings (SSSR count). The van der Waals surface area contributed by atoms with Crippen molar-refractivity contribution in [2.75, 3.05) is 13.7 Å². The number of furan rings is 1. The van der Waals surface area contributed by atoms with Gasteiger partial charge in [0.15, 0.2) is 0 Å². The summed E-state index contributed by atoms with van der Waals surface area (Å²) in [4.78, 5) is 11.3.